The van der Waals surface area contributed by atoms with Crippen LogP contribution in [0.15, 0.2) is 42.5 Å². The Morgan fingerprint density at radius 1 is 1.07 bits per heavy atom. The van der Waals surface area contributed by atoms with E-state index < -0.39 is 0 Å². The van der Waals surface area contributed by atoms with E-state index in [2.05, 4.69) is 40.6 Å². The van der Waals surface area contributed by atoms with Crippen molar-refractivity contribution in [3.05, 3.63) is 64.7 Å². The number of nitrogens with one attached hydrogen (secondary N) is 1. The Morgan fingerprint density at radius 2 is 1.78 bits per heavy atom. The average molecular weight is 361 g/mol. The molecular formula is C23H27N3O. The monoisotopic (exact) mass is 361 g/mol. The minimum atomic E-state index is 0.00380. The summed E-state index contributed by atoms with van der Waals surface area (Å²) in [6, 6.07) is 15.9. The maximum atomic E-state index is 11.7. The first-order chi connectivity index (χ1) is 13.2. The number of rotatable bonds is 6. The molecule has 0 amide bonds. The number of hydrogen-bond acceptors (Lipinski definition) is 4. The van der Waals surface area contributed by atoms with E-state index in [1.807, 2.05) is 0 Å². The number of carbonyl (C=O) groups is 1. The highest BCUT2D eigenvalue weighted by molar-refractivity contribution is 5.95. The van der Waals surface area contributed by atoms with E-state index in [1.54, 1.807) is 25.1 Å². The van der Waals surface area contributed by atoms with Gasteiger partial charge >= 0.3 is 0 Å². The van der Waals surface area contributed by atoms with E-state index >= 15 is 0 Å². The fraction of sp³-hybridized carbons (Fsp3) is 0.391. The number of ketones is 1. The van der Waals surface area contributed by atoms with Crippen LogP contribution in [-0.4, -0.2) is 23.8 Å². The van der Waals surface area contributed by atoms with Gasteiger partial charge in [-0.05, 0) is 62.2 Å². The van der Waals surface area contributed by atoms with Crippen LogP contribution in [0.3, 0.4) is 0 Å². The van der Waals surface area contributed by atoms with Crippen LogP contribution in [0, 0.1) is 11.3 Å². The van der Waals surface area contributed by atoms with Crippen molar-refractivity contribution in [1.82, 2.24) is 4.90 Å². The molecule has 4 nitrogen and oxygen atoms in total. The molecule has 3 rings (SSSR count). The molecule has 1 aliphatic rings. The molecule has 140 valence electrons. The highest BCUT2D eigenvalue weighted by Crippen LogP contribution is 2.21. The standard InChI is InChI=1S/C23H27N3O/c1-18(27)19-10-11-20(15-24)23(14-19)25-16-21-8-4-5-9-22(21)17-26-12-6-2-3-7-13-26/h4-5,8-11,14,25H,2-3,6-7,12-13,16-17H2,1H3. The smallest absolute Gasteiger partial charge is 0.159 e. The lowest BCUT2D eigenvalue weighted by Gasteiger charge is -2.22. The van der Waals surface area contributed by atoms with E-state index in [4.69, 9.17) is 0 Å². The highest BCUT2D eigenvalue weighted by Gasteiger charge is 2.12. The molecule has 0 aromatic heterocycles. The van der Waals surface area contributed by atoms with Gasteiger partial charge in [-0.1, -0.05) is 37.1 Å². The minimum Gasteiger partial charge on any atom is -0.380 e. The van der Waals surface area contributed by atoms with Gasteiger partial charge < -0.3 is 5.32 Å². The Kier molecular flexibility index (Phi) is 6.62. The van der Waals surface area contributed by atoms with E-state index in [1.165, 1.54) is 49.9 Å². The SMILES string of the molecule is CC(=O)c1ccc(C#N)c(NCc2ccccc2CN2CCCCCC2)c1. The van der Waals surface area contributed by atoms with Gasteiger partial charge in [0, 0.05) is 18.7 Å². The van der Waals surface area contributed by atoms with Gasteiger partial charge in [-0.2, -0.15) is 5.26 Å². The predicted octanol–water partition coefficient (Wildman–Crippen LogP) is 4.75. The maximum Gasteiger partial charge on any atom is 0.159 e. The number of likely N-dealkylation sites (tertiary alicyclic amines) is 1. The lowest BCUT2D eigenvalue weighted by molar-refractivity contribution is 0.101. The van der Waals surface area contributed by atoms with E-state index in [-0.39, 0.29) is 5.78 Å². The van der Waals surface area contributed by atoms with Crippen molar-refractivity contribution in [1.29, 1.82) is 5.26 Å². The predicted molar refractivity (Wildman–Crippen MR) is 109 cm³/mol. The summed E-state index contributed by atoms with van der Waals surface area (Å²) in [6.45, 7) is 5.49. The third-order valence-electron chi connectivity index (χ3n) is 5.23. The molecule has 0 aliphatic carbocycles. The Hall–Kier alpha value is -2.64. The van der Waals surface area contributed by atoms with Crippen LogP contribution in [0.2, 0.25) is 0 Å². The summed E-state index contributed by atoms with van der Waals surface area (Å²) in [6.07, 6.45) is 5.24. The third-order valence-corrected chi connectivity index (χ3v) is 5.23. The molecule has 2 aromatic rings. The van der Waals surface area contributed by atoms with Crippen LogP contribution in [0.4, 0.5) is 5.69 Å². The van der Waals surface area contributed by atoms with Crippen molar-refractivity contribution in [2.45, 2.75) is 45.7 Å². The van der Waals surface area contributed by atoms with Gasteiger partial charge in [-0.25, -0.2) is 0 Å². The minimum absolute atomic E-state index is 0.00380. The number of anilines is 1. The highest BCUT2D eigenvalue weighted by atomic mass is 16.1. The normalized spacial score (nSPS) is 15.0. The van der Waals surface area contributed by atoms with Crippen molar-refractivity contribution in [3.63, 3.8) is 0 Å². The summed E-state index contributed by atoms with van der Waals surface area (Å²) in [7, 11) is 0. The van der Waals surface area contributed by atoms with Gasteiger partial charge in [0.2, 0.25) is 0 Å². The lowest BCUT2D eigenvalue weighted by Crippen LogP contribution is -2.24. The first kappa shape index (κ1) is 19.1. The number of benzene rings is 2. The van der Waals surface area contributed by atoms with Crippen LogP contribution in [-0.2, 0) is 13.1 Å². The number of Topliss-reactive ketones (excluding diaryl/α,β-unsaturated/α-hetero) is 1. The number of hydrogen-bond donors (Lipinski definition) is 1. The van der Waals surface area contributed by atoms with Gasteiger partial charge in [0.25, 0.3) is 0 Å². The number of nitrogens with zero attached hydrogens (tertiary/aromatic N) is 2. The van der Waals surface area contributed by atoms with E-state index in [9.17, 15) is 10.1 Å². The van der Waals surface area contributed by atoms with Crippen molar-refractivity contribution >= 4 is 11.5 Å². The van der Waals surface area contributed by atoms with E-state index in [0.717, 1.165) is 12.2 Å². The van der Waals surface area contributed by atoms with Gasteiger partial charge in [-0.3, -0.25) is 9.69 Å². The van der Waals surface area contributed by atoms with Crippen LogP contribution in [0.25, 0.3) is 0 Å². The maximum absolute atomic E-state index is 11.7. The molecule has 0 atom stereocenters. The second-order valence-corrected chi connectivity index (χ2v) is 7.24. The van der Waals surface area contributed by atoms with Gasteiger partial charge in [0.05, 0.1) is 11.3 Å². The molecule has 1 fully saturated rings. The molecule has 0 saturated carbocycles. The molecule has 2 aromatic carbocycles. The summed E-state index contributed by atoms with van der Waals surface area (Å²) in [5.74, 6) is 0.00380. The van der Waals surface area contributed by atoms with Crippen molar-refractivity contribution in [2.75, 3.05) is 18.4 Å². The summed E-state index contributed by atoms with van der Waals surface area (Å²) in [4.78, 5) is 14.2. The summed E-state index contributed by atoms with van der Waals surface area (Å²) < 4.78 is 0. The van der Waals surface area contributed by atoms with Crippen LogP contribution < -0.4 is 5.32 Å². The largest absolute Gasteiger partial charge is 0.380 e. The Balaban J connectivity index is 1.74. The first-order valence-electron chi connectivity index (χ1n) is 9.75. The molecule has 1 saturated heterocycles. The Labute approximate surface area is 161 Å². The van der Waals surface area contributed by atoms with Crippen molar-refractivity contribution < 1.29 is 4.79 Å². The van der Waals surface area contributed by atoms with Gasteiger partial charge in [0.15, 0.2) is 5.78 Å². The van der Waals surface area contributed by atoms with Crippen molar-refractivity contribution in [2.24, 2.45) is 0 Å². The van der Waals surface area contributed by atoms with Crippen LogP contribution in [0.5, 0.6) is 0 Å². The number of nitriles is 1. The van der Waals surface area contributed by atoms with Crippen LogP contribution in [0.1, 0.15) is 59.7 Å². The van der Waals surface area contributed by atoms with Gasteiger partial charge in [0.1, 0.15) is 6.07 Å². The molecule has 0 unspecified atom stereocenters. The second-order valence-electron chi connectivity index (χ2n) is 7.24. The van der Waals surface area contributed by atoms with Crippen molar-refractivity contribution in [3.8, 4) is 6.07 Å². The molecule has 1 heterocycles. The average Bonchev–Trinajstić information content (AvgIpc) is 2.95. The van der Waals surface area contributed by atoms with Gasteiger partial charge in [-0.15, -0.1) is 0 Å². The second kappa shape index (κ2) is 9.34. The summed E-state index contributed by atoms with van der Waals surface area (Å²) in [5, 5.41) is 12.7. The molecule has 4 heteroatoms. The van der Waals surface area contributed by atoms with Crippen LogP contribution >= 0.6 is 0 Å². The Morgan fingerprint density at radius 3 is 2.44 bits per heavy atom. The lowest BCUT2D eigenvalue weighted by atomic mass is 10.0. The molecule has 0 radical (unpaired) electrons. The fourth-order valence-corrected chi connectivity index (χ4v) is 3.62. The topological polar surface area (TPSA) is 56.1 Å². The first-order valence-corrected chi connectivity index (χ1v) is 9.75. The molecule has 1 N–H and O–H groups in total. The molecular weight excluding hydrogens is 334 g/mol. The zero-order chi connectivity index (χ0) is 19.1. The molecule has 0 bridgehead atoms. The summed E-state index contributed by atoms with van der Waals surface area (Å²) in [5.41, 5.74) is 4.46. The number of carbonyl (C=O) groups excluding carboxylic acids is 1. The zero-order valence-corrected chi connectivity index (χ0v) is 16.0. The fourth-order valence-electron chi connectivity index (χ4n) is 3.62. The Bertz CT molecular complexity index is 830. The quantitative estimate of drug-likeness (QED) is 0.755. The molecule has 27 heavy (non-hydrogen) atoms. The zero-order valence-electron chi connectivity index (χ0n) is 16.0. The molecule has 0 spiro atoms. The third kappa shape index (κ3) is 5.18. The van der Waals surface area contributed by atoms with E-state index in [0.29, 0.717) is 17.7 Å². The molecule has 1 aliphatic heterocycles. The summed E-state index contributed by atoms with van der Waals surface area (Å²) >= 11 is 0.